The van der Waals surface area contributed by atoms with Crippen molar-refractivity contribution in [3.63, 3.8) is 0 Å². The van der Waals surface area contributed by atoms with Crippen LogP contribution in [0.5, 0.6) is 11.5 Å². The Labute approximate surface area is 110 Å². The second-order valence-electron chi connectivity index (χ2n) is 4.74. The molecule has 1 aliphatic heterocycles. The third-order valence-corrected chi connectivity index (χ3v) is 3.71. The van der Waals surface area contributed by atoms with Gasteiger partial charge in [0.05, 0.1) is 5.52 Å². The summed E-state index contributed by atoms with van der Waals surface area (Å²) >= 11 is 0. The second-order valence-corrected chi connectivity index (χ2v) is 4.74. The van der Waals surface area contributed by atoms with Gasteiger partial charge in [0, 0.05) is 30.6 Å². The van der Waals surface area contributed by atoms with Gasteiger partial charge in [0.25, 0.3) is 0 Å². The van der Waals surface area contributed by atoms with Gasteiger partial charge in [-0.3, -0.25) is 4.79 Å². The van der Waals surface area contributed by atoms with Crippen molar-refractivity contribution in [3.05, 3.63) is 23.4 Å². The molecule has 3 rings (SSSR count). The molecular weight excluding hydrogens is 246 g/mol. The predicted octanol–water partition coefficient (Wildman–Crippen LogP) is 2.23. The molecule has 0 fully saturated rings. The van der Waals surface area contributed by atoms with E-state index in [1.54, 1.807) is 0 Å². The maximum atomic E-state index is 10.8. The third kappa shape index (κ3) is 1.82. The lowest BCUT2D eigenvalue weighted by Gasteiger charge is -2.00. The zero-order valence-corrected chi connectivity index (χ0v) is 10.9. The third-order valence-electron chi connectivity index (χ3n) is 3.71. The Balaban J connectivity index is 2.15. The van der Waals surface area contributed by atoms with Gasteiger partial charge in [-0.1, -0.05) is 0 Å². The number of aryl methyl sites for hydroxylation is 2. The summed E-state index contributed by atoms with van der Waals surface area (Å²) in [5.74, 6) is 0.699. The first-order valence-electron chi connectivity index (χ1n) is 6.17. The van der Waals surface area contributed by atoms with Crippen LogP contribution in [0.2, 0.25) is 0 Å². The highest BCUT2D eigenvalue weighted by atomic mass is 16.7. The summed E-state index contributed by atoms with van der Waals surface area (Å²) in [6, 6.07) is 3.90. The lowest BCUT2D eigenvalue weighted by atomic mass is 10.1. The summed E-state index contributed by atoms with van der Waals surface area (Å²) < 4.78 is 12.8. The fourth-order valence-electron chi connectivity index (χ4n) is 2.58. The number of ether oxygens (including phenoxy) is 2. The van der Waals surface area contributed by atoms with Crippen LogP contribution in [0.3, 0.4) is 0 Å². The van der Waals surface area contributed by atoms with Gasteiger partial charge in [-0.15, -0.1) is 0 Å². The normalized spacial score (nSPS) is 13.2. The molecule has 2 aromatic rings. The van der Waals surface area contributed by atoms with Gasteiger partial charge in [-0.25, -0.2) is 0 Å². The zero-order chi connectivity index (χ0) is 13.6. The Morgan fingerprint density at radius 3 is 2.74 bits per heavy atom. The number of nitrogens with zero attached hydrogens (tertiary/aromatic N) is 1. The van der Waals surface area contributed by atoms with Crippen molar-refractivity contribution in [2.24, 2.45) is 7.05 Å². The Hall–Kier alpha value is -2.17. The van der Waals surface area contributed by atoms with E-state index in [0.29, 0.717) is 6.42 Å². The van der Waals surface area contributed by atoms with E-state index >= 15 is 0 Å². The van der Waals surface area contributed by atoms with Crippen molar-refractivity contribution in [2.75, 3.05) is 6.79 Å². The van der Waals surface area contributed by atoms with Crippen molar-refractivity contribution >= 4 is 16.9 Å². The number of rotatable bonds is 3. The molecule has 0 bridgehead atoms. The molecule has 0 saturated carbocycles. The van der Waals surface area contributed by atoms with Crippen LogP contribution < -0.4 is 9.47 Å². The first-order valence-corrected chi connectivity index (χ1v) is 6.17. The number of carboxylic acids is 1. The highest BCUT2D eigenvalue weighted by molar-refractivity contribution is 5.89. The molecule has 100 valence electrons. The molecule has 1 N–H and O–H groups in total. The topological polar surface area (TPSA) is 60.7 Å². The molecule has 1 aliphatic rings. The average Bonchev–Trinajstić information content (AvgIpc) is 2.91. The molecule has 1 aromatic carbocycles. The van der Waals surface area contributed by atoms with Crippen LogP contribution in [-0.2, 0) is 18.3 Å². The SMILES string of the molecule is Cc1c(CCC(=O)O)c2cc3c(cc2n1C)OCO3. The summed E-state index contributed by atoms with van der Waals surface area (Å²) in [7, 11) is 1.98. The molecular formula is C14H15NO4. The highest BCUT2D eigenvalue weighted by Crippen LogP contribution is 2.39. The van der Waals surface area contributed by atoms with Gasteiger partial charge in [0.2, 0.25) is 6.79 Å². The second kappa shape index (κ2) is 4.19. The first kappa shape index (κ1) is 11.9. The fourth-order valence-corrected chi connectivity index (χ4v) is 2.58. The maximum Gasteiger partial charge on any atom is 0.303 e. The molecule has 5 heteroatoms. The van der Waals surface area contributed by atoms with Crippen molar-refractivity contribution in [3.8, 4) is 11.5 Å². The lowest BCUT2D eigenvalue weighted by Crippen LogP contribution is -1.99. The van der Waals surface area contributed by atoms with Crippen molar-refractivity contribution in [2.45, 2.75) is 19.8 Å². The van der Waals surface area contributed by atoms with E-state index in [2.05, 4.69) is 4.57 Å². The van der Waals surface area contributed by atoms with Gasteiger partial charge in [0.15, 0.2) is 11.5 Å². The number of hydrogen-bond acceptors (Lipinski definition) is 3. The van der Waals surface area contributed by atoms with E-state index in [1.165, 1.54) is 0 Å². The standard InChI is InChI=1S/C14H15NO4/c1-8-9(3-4-14(16)17)10-5-12-13(19-7-18-12)6-11(10)15(8)2/h5-6H,3-4,7H2,1-2H3,(H,16,17). The van der Waals surface area contributed by atoms with Crippen LogP contribution in [-0.4, -0.2) is 22.4 Å². The van der Waals surface area contributed by atoms with E-state index < -0.39 is 5.97 Å². The van der Waals surface area contributed by atoms with Crippen molar-refractivity contribution in [1.29, 1.82) is 0 Å². The van der Waals surface area contributed by atoms with Crippen molar-refractivity contribution < 1.29 is 19.4 Å². The van der Waals surface area contributed by atoms with Gasteiger partial charge in [-0.2, -0.15) is 0 Å². The monoisotopic (exact) mass is 261 g/mol. The summed E-state index contributed by atoms with van der Waals surface area (Å²) in [6.45, 7) is 2.25. The van der Waals surface area contributed by atoms with Crippen molar-refractivity contribution in [1.82, 2.24) is 4.57 Å². The van der Waals surface area contributed by atoms with E-state index in [0.717, 1.165) is 33.7 Å². The summed E-state index contributed by atoms with van der Waals surface area (Å²) in [4.78, 5) is 10.8. The molecule has 0 atom stereocenters. The minimum absolute atomic E-state index is 0.133. The van der Waals surface area contributed by atoms with E-state index in [4.69, 9.17) is 14.6 Å². The van der Waals surface area contributed by atoms with Gasteiger partial charge in [-0.05, 0) is 25.0 Å². The van der Waals surface area contributed by atoms with Gasteiger partial charge >= 0.3 is 5.97 Å². The maximum absolute atomic E-state index is 10.8. The predicted molar refractivity (Wildman–Crippen MR) is 69.7 cm³/mol. The minimum atomic E-state index is -0.780. The highest BCUT2D eigenvalue weighted by Gasteiger charge is 2.20. The quantitative estimate of drug-likeness (QED) is 0.920. The Kier molecular flexibility index (Phi) is 2.62. The number of benzene rings is 1. The molecule has 19 heavy (non-hydrogen) atoms. The van der Waals surface area contributed by atoms with Gasteiger partial charge in [0.1, 0.15) is 0 Å². The molecule has 0 spiro atoms. The molecule has 5 nitrogen and oxygen atoms in total. The van der Waals surface area contributed by atoms with Crippen LogP contribution >= 0.6 is 0 Å². The largest absolute Gasteiger partial charge is 0.481 e. The average molecular weight is 261 g/mol. The summed E-state index contributed by atoms with van der Waals surface area (Å²) in [5.41, 5.74) is 3.19. The summed E-state index contributed by atoms with van der Waals surface area (Å²) in [5, 5.41) is 9.89. The molecule has 0 radical (unpaired) electrons. The number of hydrogen-bond donors (Lipinski definition) is 1. The molecule has 0 unspecified atom stereocenters. The molecule has 0 amide bonds. The zero-order valence-electron chi connectivity index (χ0n) is 10.9. The number of aliphatic carboxylic acids is 1. The fraction of sp³-hybridized carbons (Fsp3) is 0.357. The first-order chi connectivity index (χ1) is 9.08. The Bertz CT molecular complexity index is 672. The Morgan fingerprint density at radius 2 is 2.05 bits per heavy atom. The van der Waals surface area contributed by atoms with Crippen LogP contribution in [0.25, 0.3) is 10.9 Å². The van der Waals surface area contributed by atoms with E-state index in [1.807, 2.05) is 26.1 Å². The number of aromatic nitrogens is 1. The number of carboxylic acid groups (broad SMARTS) is 1. The van der Waals surface area contributed by atoms with Crippen LogP contribution in [0.1, 0.15) is 17.7 Å². The van der Waals surface area contributed by atoms with Gasteiger partial charge < -0.3 is 19.1 Å². The lowest BCUT2D eigenvalue weighted by molar-refractivity contribution is -0.136. The molecule has 0 aliphatic carbocycles. The Morgan fingerprint density at radius 1 is 1.37 bits per heavy atom. The van der Waals surface area contributed by atoms with Crippen LogP contribution in [0.15, 0.2) is 12.1 Å². The smallest absolute Gasteiger partial charge is 0.303 e. The molecule has 0 saturated heterocycles. The minimum Gasteiger partial charge on any atom is -0.481 e. The summed E-state index contributed by atoms with van der Waals surface area (Å²) in [6.07, 6.45) is 0.659. The van der Waals surface area contributed by atoms with Crippen LogP contribution in [0.4, 0.5) is 0 Å². The van der Waals surface area contributed by atoms with E-state index in [9.17, 15) is 4.79 Å². The van der Waals surface area contributed by atoms with E-state index in [-0.39, 0.29) is 13.2 Å². The number of carbonyl (C=O) groups is 1. The number of fused-ring (bicyclic) bond motifs is 2. The molecule has 1 aromatic heterocycles. The molecule has 2 heterocycles. The van der Waals surface area contributed by atoms with Crippen LogP contribution in [0, 0.1) is 6.92 Å².